The fraction of sp³-hybridized carbons (Fsp3) is 0.750. The van der Waals surface area contributed by atoms with E-state index in [1.54, 1.807) is 23.1 Å². The van der Waals surface area contributed by atoms with E-state index < -0.39 is 0 Å². The molecule has 1 aromatic rings. The molecule has 4 nitrogen and oxygen atoms in total. The number of hydrogen-bond donors (Lipinski definition) is 2. The maximum absolute atomic E-state index is 5.41. The number of hydrogen-bond acceptors (Lipinski definition) is 6. The van der Waals surface area contributed by atoms with Gasteiger partial charge in [-0.3, -0.25) is 0 Å². The van der Waals surface area contributed by atoms with Gasteiger partial charge in [-0.15, -0.1) is 10.2 Å². The number of rotatable bonds is 6. The summed E-state index contributed by atoms with van der Waals surface area (Å²) in [6, 6.07) is 0.454. The molecule has 0 aliphatic rings. The standard InChI is InChI=1S/C8H16N4S2/c1-3-6(2)10-7-11-12-8(14-7)13-5-4-9/h6H,3-5,9H2,1-2H3,(H,10,11). The summed E-state index contributed by atoms with van der Waals surface area (Å²) in [5.74, 6) is 0.901. The molecule has 0 aromatic carbocycles. The lowest BCUT2D eigenvalue weighted by Crippen LogP contribution is -2.12. The van der Waals surface area contributed by atoms with Gasteiger partial charge in [-0.05, 0) is 13.3 Å². The zero-order valence-electron chi connectivity index (χ0n) is 8.49. The van der Waals surface area contributed by atoms with Crippen LogP contribution in [0.15, 0.2) is 4.34 Å². The highest BCUT2D eigenvalue weighted by molar-refractivity contribution is 8.01. The van der Waals surface area contributed by atoms with E-state index in [4.69, 9.17) is 5.73 Å². The van der Waals surface area contributed by atoms with Crippen molar-refractivity contribution in [2.24, 2.45) is 5.73 Å². The average Bonchev–Trinajstić information content (AvgIpc) is 2.62. The first-order valence-corrected chi connectivity index (χ1v) is 6.49. The molecular formula is C8H16N4S2. The van der Waals surface area contributed by atoms with Crippen LogP contribution in [0, 0.1) is 0 Å². The third-order valence-corrected chi connectivity index (χ3v) is 3.75. The summed E-state index contributed by atoms with van der Waals surface area (Å²) in [5, 5.41) is 12.3. The first-order valence-electron chi connectivity index (χ1n) is 4.69. The van der Waals surface area contributed by atoms with Crippen molar-refractivity contribution >= 4 is 28.2 Å². The van der Waals surface area contributed by atoms with E-state index in [9.17, 15) is 0 Å². The van der Waals surface area contributed by atoms with E-state index in [1.165, 1.54) is 0 Å². The number of nitrogens with one attached hydrogen (secondary N) is 1. The lowest BCUT2D eigenvalue weighted by Gasteiger charge is -2.07. The molecule has 3 N–H and O–H groups in total. The van der Waals surface area contributed by atoms with Gasteiger partial charge in [-0.25, -0.2) is 0 Å². The molecule has 0 spiro atoms. The third kappa shape index (κ3) is 3.81. The number of nitrogens with two attached hydrogens (primary N) is 1. The number of thioether (sulfide) groups is 1. The van der Waals surface area contributed by atoms with Crippen molar-refractivity contribution in [1.82, 2.24) is 10.2 Å². The van der Waals surface area contributed by atoms with E-state index in [1.807, 2.05) is 0 Å². The van der Waals surface area contributed by atoms with Crippen LogP contribution < -0.4 is 11.1 Å². The number of anilines is 1. The molecule has 6 heteroatoms. The molecule has 0 aliphatic heterocycles. The van der Waals surface area contributed by atoms with Gasteiger partial charge in [0.2, 0.25) is 5.13 Å². The van der Waals surface area contributed by atoms with Gasteiger partial charge in [-0.1, -0.05) is 30.0 Å². The summed E-state index contributed by atoms with van der Waals surface area (Å²) in [5.41, 5.74) is 5.41. The van der Waals surface area contributed by atoms with Crippen LogP contribution >= 0.6 is 23.1 Å². The topological polar surface area (TPSA) is 63.8 Å². The minimum atomic E-state index is 0.454. The molecule has 1 atom stereocenters. The molecule has 80 valence electrons. The zero-order chi connectivity index (χ0) is 10.4. The van der Waals surface area contributed by atoms with Crippen LogP contribution in [0.2, 0.25) is 0 Å². The summed E-state index contributed by atoms with van der Waals surface area (Å²) >= 11 is 3.25. The fourth-order valence-electron chi connectivity index (χ4n) is 0.786. The molecule has 0 saturated carbocycles. The molecule has 14 heavy (non-hydrogen) atoms. The van der Waals surface area contributed by atoms with Gasteiger partial charge in [0.1, 0.15) is 0 Å². The Morgan fingerprint density at radius 1 is 1.57 bits per heavy atom. The van der Waals surface area contributed by atoms with Gasteiger partial charge >= 0.3 is 0 Å². The van der Waals surface area contributed by atoms with Crippen molar-refractivity contribution in [3.05, 3.63) is 0 Å². The van der Waals surface area contributed by atoms with Gasteiger partial charge < -0.3 is 11.1 Å². The Morgan fingerprint density at radius 2 is 2.36 bits per heavy atom. The summed E-state index contributed by atoms with van der Waals surface area (Å²) in [4.78, 5) is 0. The van der Waals surface area contributed by atoms with Gasteiger partial charge in [0.25, 0.3) is 0 Å². The monoisotopic (exact) mass is 232 g/mol. The molecule has 1 rings (SSSR count). The van der Waals surface area contributed by atoms with Crippen molar-refractivity contribution in [2.45, 2.75) is 30.6 Å². The lowest BCUT2D eigenvalue weighted by molar-refractivity contribution is 0.759. The van der Waals surface area contributed by atoms with Crippen LogP contribution in [0.25, 0.3) is 0 Å². The Kier molecular flexibility index (Phi) is 5.21. The minimum Gasteiger partial charge on any atom is -0.358 e. The predicted octanol–water partition coefficient (Wildman–Crippen LogP) is 1.80. The van der Waals surface area contributed by atoms with E-state index in [0.717, 1.165) is 21.6 Å². The highest BCUT2D eigenvalue weighted by Gasteiger charge is 2.05. The van der Waals surface area contributed by atoms with Crippen LogP contribution in [-0.4, -0.2) is 28.5 Å². The molecule has 1 unspecified atom stereocenters. The maximum atomic E-state index is 5.41. The third-order valence-electron chi connectivity index (χ3n) is 1.73. The van der Waals surface area contributed by atoms with Gasteiger partial charge in [0, 0.05) is 18.3 Å². The molecule has 0 aliphatic carbocycles. The smallest absolute Gasteiger partial charge is 0.206 e. The second-order valence-electron chi connectivity index (χ2n) is 2.96. The Morgan fingerprint density at radius 3 is 3.00 bits per heavy atom. The van der Waals surface area contributed by atoms with E-state index >= 15 is 0 Å². The molecular weight excluding hydrogens is 216 g/mol. The van der Waals surface area contributed by atoms with Crippen molar-refractivity contribution < 1.29 is 0 Å². The van der Waals surface area contributed by atoms with Crippen molar-refractivity contribution in [1.29, 1.82) is 0 Å². The van der Waals surface area contributed by atoms with Gasteiger partial charge in [-0.2, -0.15) is 0 Å². The molecule has 1 aromatic heterocycles. The van der Waals surface area contributed by atoms with Crippen LogP contribution in [0.3, 0.4) is 0 Å². The van der Waals surface area contributed by atoms with E-state index in [-0.39, 0.29) is 0 Å². The Hall–Kier alpha value is -0.330. The lowest BCUT2D eigenvalue weighted by atomic mass is 10.3. The Bertz CT molecular complexity index is 264. The first-order chi connectivity index (χ1) is 6.76. The molecule has 0 bridgehead atoms. The van der Waals surface area contributed by atoms with E-state index in [0.29, 0.717) is 12.6 Å². The number of aromatic nitrogens is 2. The summed E-state index contributed by atoms with van der Waals surface area (Å²) < 4.78 is 0.987. The first kappa shape index (κ1) is 11.7. The fourth-order valence-corrected chi connectivity index (χ4v) is 2.49. The molecule has 0 fully saturated rings. The summed E-state index contributed by atoms with van der Waals surface area (Å²) in [7, 11) is 0. The van der Waals surface area contributed by atoms with Crippen LogP contribution in [0.1, 0.15) is 20.3 Å². The highest BCUT2D eigenvalue weighted by atomic mass is 32.2. The quantitative estimate of drug-likeness (QED) is 0.732. The van der Waals surface area contributed by atoms with Crippen LogP contribution in [-0.2, 0) is 0 Å². The molecule has 0 radical (unpaired) electrons. The normalized spacial score (nSPS) is 12.8. The second kappa shape index (κ2) is 6.21. The second-order valence-corrected chi connectivity index (χ2v) is 5.28. The van der Waals surface area contributed by atoms with Crippen molar-refractivity contribution in [2.75, 3.05) is 17.6 Å². The van der Waals surface area contributed by atoms with Crippen LogP contribution in [0.4, 0.5) is 5.13 Å². The Balaban J connectivity index is 2.42. The average molecular weight is 232 g/mol. The molecule has 0 amide bonds. The van der Waals surface area contributed by atoms with Gasteiger partial charge in [0.15, 0.2) is 4.34 Å². The van der Waals surface area contributed by atoms with Crippen molar-refractivity contribution in [3.63, 3.8) is 0 Å². The number of nitrogens with zero attached hydrogens (tertiary/aromatic N) is 2. The zero-order valence-corrected chi connectivity index (χ0v) is 10.1. The minimum absolute atomic E-state index is 0.454. The summed E-state index contributed by atoms with van der Waals surface area (Å²) in [6.45, 7) is 4.95. The maximum Gasteiger partial charge on any atom is 0.206 e. The Labute approximate surface area is 92.7 Å². The molecule has 1 heterocycles. The SMILES string of the molecule is CCC(C)Nc1nnc(SCCN)s1. The van der Waals surface area contributed by atoms with Crippen LogP contribution in [0.5, 0.6) is 0 Å². The van der Waals surface area contributed by atoms with Crippen molar-refractivity contribution in [3.8, 4) is 0 Å². The molecule has 0 saturated heterocycles. The largest absolute Gasteiger partial charge is 0.358 e. The van der Waals surface area contributed by atoms with Gasteiger partial charge in [0.05, 0.1) is 0 Å². The van der Waals surface area contributed by atoms with E-state index in [2.05, 4.69) is 29.4 Å². The summed E-state index contributed by atoms with van der Waals surface area (Å²) in [6.07, 6.45) is 1.09. The predicted molar refractivity (Wildman–Crippen MR) is 63.1 cm³/mol. The highest BCUT2D eigenvalue weighted by Crippen LogP contribution is 2.25.